The number of alkyl halides is 3. The monoisotopic (exact) mass is 329 g/mol. The van der Waals surface area contributed by atoms with Gasteiger partial charge in [-0.3, -0.25) is 4.79 Å². The van der Waals surface area contributed by atoms with Crippen LogP contribution in [0.2, 0.25) is 0 Å². The molecule has 0 radical (unpaired) electrons. The Hall–Kier alpha value is -2.35. The summed E-state index contributed by atoms with van der Waals surface area (Å²) in [7, 11) is 0. The summed E-state index contributed by atoms with van der Waals surface area (Å²) in [5.41, 5.74) is -0.196. The van der Waals surface area contributed by atoms with Crippen molar-refractivity contribution in [1.29, 1.82) is 0 Å². The lowest BCUT2D eigenvalue weighted by molar-refractivity contribution is -0.143. The van der Waals surface area contributed by atoms with Crippen LogP contribution in [-0.4, -0.2) is 33.9 Å². The van der Waals surface area contributed by atoms with E-state index in [0.717, 1.165) is 4.68 Å². The van der Waals surface area contributed by atoms with Crippen LogP contribution in [0.5, 0.6) is 0 Å². The highest BCUT2D eigenvalue weighted by molar-refractivity contribution is 5.72. The molecule has 2 rings (SSSR count). The standard InChI is InChI=1S/C11H9F3N2.C4H9NO2/c1-8-7-15-16(10(8)11(12,13)14)9-5-3-2-4-6-9;1-4(7)5-2-3-6/h2-7H,1H3;6H,2-3H2,1H3,(H,5,7). The van der Waals surface area contributed by atoms with E-state index in [1.165, 1.54) is 20.0 Å². The molecule has 1 aromatic heterocycles. The van der Waals surface area contributed by atoms with Crippen molar-refractivity contribution in [2.45, 2.75) is 20.0 Å². The van der Waals surface area contributed by atoms with E-state index in [0.29, 0.717) is 12.2 Å². The quantitative estimate of drug-likeness (QED) is 0.908. The van der Waals surface area contributed by atoms with Gasteiger partial charge in [-0.25, -0.2) is 4.68 Å². The number of carbonyl (C=O) groups excluding carboxylic acids is 1. The lowest BCUT2D eigenvalue weighted by atomic mass is 10.2. The van der Waals surface area contributed by atoms with Gasteiger partial charge in [-0.2, -0.15) is 18.3 Å². The Balaban J connectivity index is 0.000000322. The number of aliphatic hydroxyl groups excluding tert-OH is 1. The SMILES string of the molecule is CC(=O)NCCO.Cc1cnn(-c2ccccc2)c1C(F)(F)F. The minimum atomic E-state index is -4.39. The van der Waals surface area contributed by atoms with E-state index in [9.17, 15) is 18.0 Å². The summed E-state index contributed by atoms with van der Waals surface area (Å²) >= 11 is 0. The van der Waals surface area contributed by atoms with Gasteiger partial charge in [-0.1, -0.05) is 18.2 Å². The molecular weight excluding hydrogens is 311 g/mol. The molecule has 5 nitrogen and oxygen atoms in total. The summed E-state index contributed by atoms with van der Waals surface area (Å²) < 4.78 is 39.2. The number of hydrogen-bond acceptors (Lipinski definition) is 3. The van der Waals surface area contributed by atoms with Gasteiger partial charge in [0, 0.05) is 13.5 Å². The number of nitrogens with zero attached hydrogens (tertiary/aromatic N) is 2. The van der Waals surface area contributed by atoms with E-state index in [-0.39, 0.29) is 18.1 Å². The minimum absolute atomic E-state index is 0.0135. The molecular formula is C15H18F3N3O2. The number of halogens is 3. The normalized spacial score (nSPS) is 10.7. The van der Waals surface area contributed by atoms with Crippen molar-refractivity contribution in [2.24, 2.45) is 0 Å². The fourth-order valence-corrected chi connectivity index (χ4v) is 1.77. The zero-order chi connectivity index (χ0) is 17.5. The lowest BCUT2D eigenvalue weighted by Crippen LogP contribution is -2.22. The Morgan fingerprint density at radius 3 is 2.35 bits per heavy atom. The van der Waals surface area contributed by atoms with Crippen LogP contribution >= 0.6 is 0 Å². The summed E-state index contributed by atoms with van der Waals surface area (Å²) in [6.45, 7) is 3.18. The third kappa shape index (κ3) is 5.74. The molecule has 0 atom stereocenters. The average molecular weight is 329 g/mol. The Bertz CT molecular complexity index is 625. The summed E-state index contributed by atoms with van der Waals surface area (Å²) in [4.78, 5) is 9.98. The Kier molecular flexibility index (Phi) is 6.77. The van der Waals surface area contributed by atoms with Crippen LogP contribution in [0.25, 0.3) is 5.69 Å². The van der Waals surface area contributed by atoms with Crippen LogP contribution in [0.4, 0.5) is 13.2 Å². The second-order valence-electron chi connectivity index (χ2n) is 4.63. The third-order valence-corrected chi connectivity index (χ3v) is 2.71. The van der Waals surface area contributed by atoms with Crippen molar-refractivity contribution in [2.75, 3.05) is 13.2 Å². The largest absolute Gasteiger partial charge is 0.433 e. The van der Waals surface area contributed by atoms with Gasteiger partial charge < -0.3 is 10.4 Å². The first-order valence-electron chi connectivity index (χ1n) is 6.80. The van der Waals surface area contributed by atoms with E-state index in [1.807, 2.05) is 0 Å². The predicted molar refractivity (Wildman–Crippen MR) is 79.1 cm³/mol. The number of aromatic nitrogens is 2. The number of hydrogen-bond donors (Lipinski definition) is 2. The number of para-hydroxylation sites is 1. The van der Waals surface area contributed by atoms with Crippen LogP contribution < -0.4 is 5.32 Å². The molecule has 0 bridgehead atoms. The van der Waals surface area contributed by atoms with E-state index in [2.05, 4.69) is 10.4 Å². The second kappa shape index (κ2) is 8.33. The average Bonchev–Trinajstić information content (AvgIpc) is 2.88. The number of carbonyl (C=O) groups is 1. The Morgan fingerprint density at radius 2 is 1.91 bits per heavy atom. The van der Waals surface area contributed by atoms with Crippen molar-refractivity contribution >= 4 is 5.91 Å². The van der Waals surface area contributed by atoms with Crippen LogP contribution in [0.3, 0.4) is 0 Å². The molecule has 0 unspecified atom stereocenters. The first-order chi connectivity index (χ1) is 10.8. The van der Waals surface area contributed by atoms with Crippen LogP contribution in [0.1, 0.15) is 18.2 Å². The highest BCUT2D eigenvalue weighted by Gasteiger charge is 2.37. The first kappa shape index (κ1) is 18.7. The molecule has 2 aromatic rings. The summed E-state index contributed by atoms with van der Waals surface area (Å²) in [5, 5.41) is 14.3. The molecule has 23 heavy (non-hydrogen) atoms. The molecule has 1 amide bonds. The molecule has 1 aromatic carbocycles. The number of nitrogens with one attached hydrogen (secondary N) is 1. The first-order valence-corrected chi connectivity index (χ1v) is 6.80. The molecule has 126 valence electrons. The number of aryl methyl sites for hydroxylation is 1. The molecule has 2 N–H and O–H groups in total. The number of amides is 1. The molecule has 8 heteroatoms. The van der Waals surface area contributed by atoms with E-state index in [1.54, 1.807) is 30.3 Å². The van der Waals surface area contributed by atoms with Gasteiger partial charge in [0.2, 0.25) is 5.91 Å². The predicted octanol–water partition coefficient (Wildman–Crippen LogP) is 2.31. The van der Waals surface area contributed by atoms with Crippen LogP contribution in [-0.2, 0) is 11.0 Å². The van der Waals surface area contributed by atoms with Gasteiger partial charge in [0.1, 0.15) is 0 Å². The molecule has 0 saturated heterocycles. The second-order valence-corrected chi connectivity index (χ2v) is 4.63. The fraction of sp³-hybridized carbons (Fsp3) is 0.333. The molecule has 1 heterocycles. The smallest absolute Gasteiger partial charge is 0.395 e. The van der Waals surface area contributed by atoms with Crippen molar-refractivity contribution < 1.29 is 23.1 Å². The highest BCUT2D eigenvalue weighted by Crippen LogP contribution is 2.32. The number of aliphatic hydroxyl groups is 1. The number of rotatable bonds is 3. The zero-order valence-corrected chi connectivity index (χ0v) is 12.8. The van der Waals surface area contributed by atoms with Gasteiger partial charge >= 0.3 is 6.18 Å². The van der Waals surface area contributed by atoms with Gasteiger partial charge in [-0.05, 0) is 24.6 Å². The van der Waals surface area contributed by atoms with Gasteiger partial charge in [-0.15, -0.1) is 0 Å². The van der Waals surface area contributed by atoms with E-state index >= 15 is 0 Å². The van der Waals surface area contributed by atoms with Crippen molar-refractivity contribution in [3.05, 3.63) is 47.8 Å². The zero-order valence-electron chi connectivity index (χ0n) is 12.8. The van der Waals surface area contributed by atoms with Crippen molar-refractivity contribution in [3.8, 4) is 5.69 Å². The summed E-state index contributed by atoms with van der Waals surface area (Å²) in [5.74, 6) is -0.103. The number of benzene rings is 1. The maximum Gasteiger partial charge on any atom is 0.433 e. The Morgan fingerprint density at radius 1 is 1.30 bits per heavy atom. The van der Waals surface area contributed by atoms with E-state index < -0.39 is 11.9 Å². The van der Waals surface area contributed by atoms with Gasteiger partial charge in [0.05, 0.1) is 18.5 Å². The molecule has 0 aliphatic rings. The van der Waals surface area contributed by atoms with E-state index in [4.69, 9.17) is 5.11 Å². The summed E-state index contributed by atoms with van der Waals surface area (Å²) in [6, 6.07) is 8.26. The third-order valence-electron chi connectivity index (χ3n) is 2.71. The summed E-state index contributed by atoms with van der Waals surface area (Å²) in [6.07, 6.45) is -3.17. The van der Waals surface area contributed by atoms with Gasteiger partial charge in [0.15, 0.2) is 5.69 Å². The van der Waals surface area contributed by atoms with Gasteiger partial charge in [0.25, 0.3) is 0 Å². The van der Waals surface area contributed by atoms with Crippen molar-refractivity contribution in [1.82, 2.24) is 15.1 Å². The maximum atomic E-state index is 12.8. The van der Waals surface area contributed by atoms with Crippen LogP contribution in [0.15, 0.2) is 36.5 Å². The van der Waals surface area contributed by atoms with Crippen LogP contribution in [0, 0.1) is 6.92 Å². The van der Waals surface area contributed by atoms with Crippen molar-refractivity contribution in [3.63, 3.8) is 0 Å². The lowest BCUT2D eigenvalue weighted by Gasteiger charge is -2.11. The minimum Gasteiger partial charge on any atom is -0.395 e. The molecule has 0 aliphatic carbocycles. The molecule has 0 aliphatic heterocycles. The topological polar surface area (TPSA) is 67.2 Å². The molecule has 0 saturated carbocycles. The molecule has 0 spiro atoms. The molecule has 0 fully saturated rings. The Labute approximate surface area is 131 Å². The maximum absolute atomic E-state index is 12.8. The fourth-order valence-electron chi connectivity index (χ4n) is 1.77. The highest BCUT2D eigenvalue weighted by atomic mass is 19.4.